The van der Waals surface area contributed by atoms with Crippen molar-refractivity contribution < 1.29 is 17.6 Å². The van der Waals surface area contributed by atoms with Crippen molar-refractivity contribution in [1.82, 2.24) is 4.72 Å². The predicted octanol–water partition coefficient (Wildman–Crippen LogP) is 3.30. The fourth-order valence-electron chi connectivity index (χ4n) is 2.47. The molecule has 0 saturated carbocycles. The molecule has 29 heavy (non-hydrogen) atoms. The zero-order valence-corrected chi connectivity index (χ0v) is 16.0. The largest absolute Gasteiger partial charge is 0.468 e. The van der Waals surface area contributed by atoms with Gasteiger partial charge in [-0.3, -0.25) is 4.79 Å². The molecule has 7 nitrogen and oxygen atoms in total. The molecule has 0 aliphatic rings. The molecule has 0 spiro atoms. The van der Waals surface area contributed by atoms with Gasteiger partial charge in [-0.05, 0) is 42.0 Å². The number of hydrogen-bond acceptors (Lipinski definition) is 5. The van der Waals surface area contributed by atoms with Gasteiger partial charge >= 0.3 is 0 Å². The van der Waals surface area contributed by atoms with Crippen LogP contribution in [0.2, 0.25) is 0 Å². The van der Waals surface area contributed by atoms with Crippen LogP contribution in [0.4, 0.5) is 5.69 Å². The first kappa shape index (κ1) is 20.1. The second kappa shape index (κ2) is 9.01. The Labute approximate surface area is 168 Å². The highest BCUT2D eigenvalue weighted by atomic mass is 32.2. The van der Waals surface area contributed by atoms with Crippen LogP contribution in [0.3, 0.4) is 0 Å². The van der Waals surface area contributed by atoms with Crippen LogP contribution in [-0.4, -0.2) is 14.3 Å². The van der Waals surface area contributed by atoms with Gasteiger partial charge in [-0.2, -0.15) is 5.26 Å². The van der Waals surface area contributed by atoms with Gasteiger partial charge in [0, 0.05) is 5.69 Å². The van der Waals surface area contributed by atoms with Crippen LogP contribution < -0.4 is 10.0 Å². The lowest BCUT2D eigenvalue weighted by molar-refractivity contribution is -0.112. The molecule has 0 atom stereocenters. The van der Waals surface area contributed by atoms with Crippen molar-refractivity contribution >= 4 is 27.7 Å². The number of furan rings is 1. The summed E-state index contributed by atoms with van der Waals surface area (Å²) in [6.45, 7) is 0.00428. The third-order valence-corrected chi connectivity index (χ3v) is 5.29. The van der Waals surface area contributed by atoms with E-state index in [1.54, 1.807) is 42.5 Å². The van der Waals surface area contributed by atoms with E-state index >= 15 is 0 Å². The fourth-order valence-corrected chi connectivity index (χ4v) is 3.51. The second-order valence-corrected chi connectivity index (χ2v) is 7.73. The molecule has 1 heterocycles. The van der Waals surface area contributed by atoms with Crippen molar-refractivity contribution in [3.8, 4) is 6.07 Å². The summed E-state index contributed by atoms with van der Waals surface area (Å²) in [5.74, 6) is -0.155. The highest BCUT2D eigenvalue weighted by Crippen LogP contribution is 2.17. The summed E-state index contributed by atoms with van der Waals surface area (Å²) in [6.07, 6.45) is 2.91. The molecule has 2 N–H and O–H groups in total. The van der Waals surface area contributed by atoms with Gasteiger partial charge in [0.25, 0.3) is 5.91 Å². The molecular formula is C21H17N3O4S. The highest BCUT2D eigenvalue weighted by molar-refractivity contribution is 7.89. The lowest BCUT2D eigenvalue weighted by Crippen LogP contribution is -2.23. The van der Waals surface area contributed by atoms with Crippen LogP contribution in [0.1, 0.15) is 11.3 Å². The number of rotatable bonds is 7. The quantitative estimate of drug-likeness (QED) is 0.461. The maximum absolute atomic E-state index is 12.5. The van der Waals surface area contributed by atoms with E-state index in [-0.39, 0.29) is 22.7 Å². The summed E-state index contributed by atoms with van der Waals surface area (Å²) in [5, 5.41) is 11.8. The Morgan fingerprint density at radius 2 is 1.86 bits per heavy atom. The molecule has 0 aliphatic heterocycles. The molecule has 1 amide bonds. The molecule has 3 rings (SSSR count). The monoisotopic (exact) mass is 407 g/mol. The van der Waals surface area contributed by atoms with E-state index in [1.807, 2.05) is 12.1 Å². The molecule has 3 aromatic rings. The van der Waals surface area contributed by atoms with Gasteiger partial charge in [0.05, 0.1) is 17.7 Å². The number of hydrogen-bond donors (Lipinski definition) is 2. The third kappa shape index (κ3) is 5.42. The van der Waals surface area contributed by atoms with Crippen LogP contribution in [-0.2, 0) is 21.4 Å². The van der Waals surface area contributed by atoms with E-state index in [0.29, 0.717) is 11.3 Å². The van der Waals surface area contributed by atoms with Crippen LogP contribution in [0.5, 0.6) is 0 Å². The number of carbonyl (C=O) groups excluding carboxylic acids is 1. The zero-order valence-electron chi connectivity index (χ0n) is 15.2. The van der Waals surface area contributed by atoms with E-state index in [2.05, 4.69) is 10.0 Å². The molecule has 2 aromatic carbocycles. The number of sulfonamides is 1. The highest BCUT2D eigenvalue weighted by Gasteiger charge is 2.16. The van der Waals surface area contributed by atoms with E-state index in [1.165, 1.54) is 30.5 Å². The van der Waals surface area contributed by atoms with E-state index in [9.17, 15) is 18.5 Å². The Kier molecular flexibility index (Phi) is 6.24. The number of anilines is 1. The summed E-state index contributed by atoms with van der Waals surface area (Å²) in [6, 6.07) is 19.9. The van der Waals surface area contributed by atoms with Crippen molar-refractivity contribution in [2.45, 2.75) is 11.4 Å². The van der Waals surface area contributed by atoms with E-state index in [0.717, 1.165) is 0 Å². The van der Waals surface area contributed by atoms with Crippen LogP contribution in [0.25, 0.3) is 6.08 Å². The Morgan fingerprint density at radius 3 is 2.55 bits per heavy atom. The predicted molar refractivity (Wildman–Crippen MR) is 108 cm³/mol. The standard InChI is InChI=1S/C21H17N3O4S/c22-14-17(12-16-6-2-1-3-7-16)21(25)24-18-8-4-10-20(13-18)29(26,27)23-15-19-9-5-11-28-19/h1-13,23H,15H2,(H,24,25). The number of benzene rings is 2. The number of nitrogens with one attached hydrogen (secondary N) is 2. The van der Waals surface area contributed by atoms with Crippen molar-refractivity contribution in [3.05, 3.63) is 89.9 Å². The molecule has 0 radical (unpaired) electrons. The van der Waals surface area contributed by atoms with Gasteiger partial charge in [0.1, 0.15) is 17.4 Å². The zero-order chi connectivity index (χ0) is 20.7. The minimum atomic E-state index is -3.81. The van der Waals surface area contributed by atoms with Gasteiger partial charge in [0.15, 0.2) is 0 Å². The molecule has 0 unspecified atom stereocenters. The van der Waals surface area contributed by atoms with Gasteiger partial charge in [0.2, 0.25) is 10.0 Å². The number of amides is 1. The summed E-state index contributed by atoms with van der Waals surface area (Å²) in [7, 11) is -3.81. The van der Waals surface area contributed by atoms with Gasteiger partial charge < -0.3 is 9.73 Å². The number of carbonyl (C=O) groups is 1. The Hall–Kier alpha value is -3.67. The van der Waals surface area contributed by atoms with Crippen molar-refractivity contribution in [3.63, 3.8) is 0 Å². The molecule has 0 saturated heterocycles. The topological polar surface area (TPSA) is 112 Å². The van der Waals surface area contributed by atoms with E-state index in [4.69, 9.17) is 4.42 Å². The van der Waals surface area contributed by atoms with Crippen molar-refractivity contribution in [2.24, 2.45) is 0 Å². The van der Waals surface area contributed by atoms with Crippen molar-refractivity contribution in [1.29, 1.82) is 5.26 Å². The van der Waals surface area contributed by atoms with Gasteiger partial charge in [-0.1, -0.05) is 36.4 Å². The summed E-state index contributed by atoms with van der Waals surface area (Å²) >= 11 is 0. The molecule has 146 valence electrons. The first-order valence-electron chi connectivity index (χ1n) is 8.58. The van der Waals surface area contributed by atoms with Crippen molar-refractivity contribution in [2.75, 3.05) is 5.32 Å². The summed E-state index contributed by atoms with van der Waals surface area (Å²) in [4.78, 5) is 12.4. The molecule has 0 aliphatic carbocycles. The van der Waals surface area contributed by atoms with Crippen LogP contribution in [0.15, 0.2) is 87.9 Å². The Morgan fingerprint density at radius 1 is 1.07 bits per heavy atom. The third-order valence-electron chi connectivity index (χ3n) is 3.89. The molecule has 1 aromatic heterocycles. The molecule has 8 heteroatoms. The molecule has 0 fully saturated rings. The van der Waals surface area contributed by atoms with Crippen LogP contribution >= 0.6 is 0 Å². The number of nitrogens with zero attached hydrogens (tertiary/aromatic N) is 1. The van der Waals surface area contributed by atoms with Gasteiger partial charge in [-0.25, -0.2) is 13.1 Å². The first-order valence-corrected chi connectivity index (χ1v) is 10.1. The maximum Gasteiger partial charge on any atom is 0.266 e. The summed E-state index contributed by atoms with van der Waals surface area (Å²) in [5.41, 5.74) is 0.864. The second-order valence-electron chi connectivity index (χ2n) is 5.97. The van der Waals surface area contributed by atoms with Crippen LogP contribution in [0, 0.1) is 11.3 Å². The average molecular weight is 407 g/mol. The smallest absolute Gasteiger partial charge is 0.266 e. The van der Waals surface area contributed by atoms with Gasteiger partial charge in [-0.15, -0.1) is 0 Å². The Bertz CT molecular complexity index is 1160. The maximum atomic E-state index is 12.5. The van der Waals surface area contributed by atoms with E-state index < -0.39 is 15.9 Å². The molecule has 0 bridgehead atoms. The minimum absolute atomic E-state index is 0.00428. The summed E-state index contributed by atoms with van der Waals surface area (Å²) < 4.78 is 32.5. The lowest BCUT2D eigenvalue weighted by atomic mass is 10.1. The Balaban J connectivity index is 1.74. The SMILES string of the molecule is N#CC(=Cc1ccccc1)C(=O)Nc1cccc(S(=O)(=O)NCc2ccco2)c1. The lowest BCUT2D eigenvalue weighted by Gasteiger charge is -2.09. The fraction of sp³-hybridized carbons (Fsp3) is 0.0476. The molecular weight excluding hydrogens is 390 g/mol. The first-order chi connectivity index (χ1) is 14.0. The normalized spacial score (nSPS) is 11.6. The average Bonchev–Trinajstić information content (AvgIpc) is 3.25. The minimum Gasteiger partial charge on any atom is -0.468 e. The number of nitriles is 1.